The molecule has 0 aliphatic carbocycles. The van der Waals surface area contributed by atoms with E-state index in [0.717, 1.165) is 5.56 Å². The second-order valence-corrected chi connectivity index (χ2v) is 6.56. The maximum absolute atomic E-state index is 13.0. The predicted octanol–water partition coefficient (Wildman–Crippen LogP) is 3.26. The number of ether oxygens (including phenoxy) is 1. The van der Waals surface area contributed by atoms with Crippen molar-refractivity contribution < 1.29 is 9.53 Å². The molecule has 0 aromatic heterocycles. The molecule has 0 spiro atoms. The number of hydrogen-bond donors (Lipinski definition) is 1. The number of hydrogen-bond acceptors (Lipinski definition) is 3. The van der Waals surface area contributed by atoms with Crippen LogP contribution in [0.15, 0.2) is 54.6 Å². The number of nitrogens with zero attached hydrogens (tertiary/aromatic N) is 1. The molecule has 1 aliphatic heterocycles. The lowest BCUT2D eigenvalue weighted by atomic mass is 9.96. The number of nitrogens with two attached hydrogens (primary N) is 1. The highest BCUT2D eigenvalue weighted by molar-refractivity contribution is 5.95. The van der Waals surface area contributed by atoms with E-state index in [-0.39, 0.29) is 17.6 Å². The molecule has 1 fully saturated rings. The summed E-state index contributed by atoms with van der Waals surface area (Å²) in [6.07, 6.45) is -0.103. The summed E-state index contributed by atoms with van der Waals surface area (Å²) in [5, 5.41) is 0. The topological polar surface area (TPSA) is 55.6 Å². The summed E-state index contributed by atoms with van der Waals surface area (Å²) >= 11 is 0. The van der Waals surface area contributed by atoms with Crippen molar-refractivity contribution in [1.82, 2.24) is 4.90 Å². The van der Waals surface area contributed by atoms with E-state index in [0.29, 0.717) is 24.4 Å². The highest BCUT2D eigenvalue weighted by Gasteiger charge is 2.38. The minimum Gasteiger partial charge on any atom is -0.399 e. The second kappa shape index (κ2) is 6.05. The van der Waals surface area contributed by atoms with Gasteiger partial charge >= 0.3 is 0 Å². The Kier molecular flexibility index (Phi) is 4.09. The van der Waals surface area contributed by atoms with Crippen molar-refractivity contribution >= 4 is 11.6 Å². The van der Waals surface area contributed by atoms with E-state index in [1.54, 1.807) is 12.1 Å². The van der Waals surface area contributed by atoms with Gasteiger partial charge in [-0.3, -0.25) is 4.79 Å². The number of carbonyl (C=O) groups is 1. The zero-order chi connectivity index (χ0) is 16.4. The minimum absolute atomic E-state index is 0.00784. The van der Waals surface area contributed by atoms with Crippen LogP contribution < -0.4 is 5.73 Å². The fourth-order valence-corrected chi connectivity index (χ4v) is 2.90. The van der Waals surface area contributed by atoms with Crippen LogP contribution in [0.2, 0.25) is 0 Å². The van der Waals surface area contributed by atoms with Crippen molar-refractivity contribution in [2.24, 2.45) is 0 Å². The number of morpholine rings is 1. The maximum Gasteiger partial charge on any atom is 0.254 e. The van der Waals surface area contributed by atoms with Crippen LogP contribution in [0.1, 0.15) is 35.9 Å². The molecule has 1 unspecified atom stereocenters. The fourth-order valence-electron chi connectivity index (χ4n) is 2.90. The molecule has 120 valence electrons. The average molecular weight is 310 g/mol. The van der Waals surface area contributed by atoms with Gasteiger partial charge in [0.25, 0.3) is 5.91 Å². The molecule has 0 radical (unpaired) electrons. The average Bonchev–Trinajstić information content (AvgIpc) is 2.55. The summed E-state index contributed by atoms with van der Waals surface area (Å²) in [6.45, 7) is 5.09. The molecule has 2 N–H and O–H groups in total. The lowest BCUT2D eigenvalue weighted by Crippen LogP contribution is -2.56. The Morgan fingerprint density at radius 2 is 1.91 bits per heavy atom. The van der Waals surface area contributed by atoms with Crippen LogP contribution >= 0.6 is 0 Å². The van der Waals surface area contributed by atoms with Gasteiger partial charge in [0.1, 0.15) is 6.10 Å². The van der Waals surface area contributed by atoms with Gasteiger partial charge in [0.15, 0.2) is 0 Å². The molecule has 0 bridgehead atoms. The molecule has 1 heterocycles. The summed E-state index contributed by atoms with van der Waals surface area (Å²) in [6, 6.07) is 17.2. The number of carbonyl (C=O) groups excluding carboxylic acids is 1. The number of amides is 1. The summed E-state index contributed by atoms with van der Waals surface area (Å²) in [5.74, 6) is -0.00784. The van der Waals surface area contributed by atoms with Crippen LogP contribution in [0.25, 0.3) is 0 Å². The Hall–Kier alpha value is -2.33. The minimum atomic E-state index is -0.354. The van der Waals surface area contributed by atoms with Crippen molar-refractivity contribution in [2.45, 2.75) is 25.5 Å². The molecular weight excluding hydrogens is 288 g/mol. The second-order valence-electron chi connectivity index (χ2n) is 6.56. The lowest BCUT2D eigenvalue weighted by Gasteiger charge is -2.45. The van der Waals surface area contributed by atoms with E-state index in [1.807, 2.05) is 61.2 Å². The summed E-state index contributed by atoms with van der Waals surface area (Å²) in [7, 11) is 0. The SMILES string of the molecule is CC1(C)COC(c2ccccc2)CN1C(=O)c1cccc(N)c1. The summed E-state index contributed by atoms with van der Waals surface area (Å²) in [5.41, 5.74) is 7.77. The summed E-state index contributed by atoms with van der Waals surface area (Å²) < 4.78 is 6.00. The standard InChI is InChI=1S/C19H22N2O2/c1-19(2)13-23-17(14-7-4-3-5-8-14)12-21(19)18(22)15-9-6-10-16(20)11-15/h3-11,17H,12-13,20H2,1-2H3. The first-order valence-electron chi connectivity index (χ1n) is 7.81. The first-order valence-corrected chi connectivity index (χ1v) is 7.81. The lowest BCUT2D eigenvalue weighted by molar-refractivity contribution is -0.0846. The molecule has 23 heavy (non-hydrogen) atoms. The number of nitrogen functional groups attached to an aromatic ring is 1. The van der Waals surface area contributed by atoms with Gasteiger partial charge in [-0.1, -0.05) is 36.4 Å². The van der Waals surface area contributed by atoms with Crippen molar-refractivity contribution in [1.29, 1.82) is 0 Å². The quantitative estimate of drug-likeness (QED) is 0.866. The third kappa shape index (κ3) is 3.22. The number of anilines is 1. The normalized spacial score (nSPS) is 20.3. The molecule has 1 amide bonds. The van der Waals surface area contributed by atoms with Crippen LogP contribution in [0.4, 0.5) is 5.69 Å². The van der Waals surface area contributed by atoms with Crippen LogP contribution in [0.5, 0.6) is 0 Å². The van der Waals surface area contributed by atoms with E-state index in [2.05, 4.69) is 0 Å². The van der Waals surface area contributed by atoms with E-state index >= 15 is 0 Å². The van der Waals surface area contributed by atoms with Crippen LogP contribution in [0, 0.1) is 0 Å². The van der Waals surface area contributed by atoms with Crippen LogP contribution in [0.3, 0.4) is 0 Å². The fraction of sp³-hybridized carbons (Fsp3) is 0.316. The van der Waals surface area contributed by atoms with Gasteiger partial charge in [-0.05, 0) is 37.6 Å². The Labute approximate surface area is 136 Å². The third-order valence-electron chi connectivity index (χ3n) is 4.27. The van der Waals surface area contributed by atoms with Gasteiger partial charge in [-0.2, -0.15) is 0 Å². The third-order valence-corrected chi connectivity index (χ3v) is 4.27. The Morgan fingerprint density at radius 1 is 1.17 bits per heavy atom. The van der Waals surface area contributed by atoms with Crippen molar-refractivity contribution in [3.05, 3.63) is 65.7 Å². The maximum atomic E-state index is 13.0. The summed E-state index contributed by atoms with van der Waals surface area (Å²) in [4.78, 5) is 14.9. The zero-order valence-electron chi connectivity index (χ0n) is 13.5. The first-order chi connectivity index (χ1) is 11.0. The Balaban J connectivity index is 1.87. The van der Waals surface area contributed by atoms with Crippen LogP contribution in [-0.2, 0) is 4.74 Å². The Bertz CT molecular complexity index is 698. The molecule has 0 saturated carbocycles. The van der Waals surface area contributed by atoms with Crippen molar-refractivity contribution in [2.75, 3.05) is 18.9 Å². The predicted molar refractivity (Wildman–Crippen MR) is 91.1 cm³/mol. The molecule has 4 nitrogen and oxygen atoms in total. The first kappa shape index (κ1) is 15.6. The van der Waals surface area contributed by atoms with Crippen molar-refractivity contribution in [3.63, 3.8) is 0 Å². The molecule has 1 atom stereocenters. The Morgan fingerprint density at radius 3 is 2.61 bits per heavy atom. The highest BCUT2D eigenvalue weighted by Crippen LogP contribution is 2.31. The van der Waals surface area contributed by atoms with Crippen molar-refractivity contribution in [3.8, 4) is 0 Å². The van der Waals surface area contributed by atoms with E-state index < -0.39 is 0 Å². The molecule has 1 saturated heterocycles. The van der Waals surface area contributed by atoms with Gasteiger partial charge in [0, 0.05) is 11.3 Å². The van der Waals surface area contributed by atoms with Gasteiger partial charge in [0.05, 0.1) is 18.7 Å². The molecule has 4 heteroatoms. The molecule has 2 aromatic rings. The van der Waals surface area contributed by atoms with Crippen LogP contribution in [-0.4, -0.2) is 29.5 Å². The molecule has 1 aliphatic rings. The van der Waals surface area contributed by atoms with E-state index in [4.69, 9.17) is 10.5 Å². The molecular formula is C19H22N2O2. The van der Waals surface area contributed by atoms with Gasteiger partial charge in [0.2, 0.25) is 0 Å². The number of benzene rings is 2. The van der Waals surface area contributed by atoms with Gasteiger partial charge in [-0.15, -0.1) is 0 Å². The largest absolute Gasteiger partial charge is 0.399 e. The van der Waals surface area contributed by atoms with Gasteiger partial charge in [-0.25, -0.2) is 0 Å². The molecule has 3 rings (SSSR count). The smallest absolute Gasteiger partial charge is 0.254 e. The van der Waals surface area contributed by atoms with Gasteiger partial charge < -0.3 is 15.4 Å². The van der Waals surface area contributed by atoms with E-state index in [9.17, 15) is 4.79 Å². The number of rotatable bonds is 2. The highest BCUT2D eigenvalue weighted by atomic mass is 16.5. The monoisotopic (exact) mass is 310 g/mol. The molecule has 2 aromatic carbocycles. The zero-order valence-corrected chi connectivity index (χ0v) is 13.5. The van der Waals surface area contributed by atoms with E-state index in [1.165, 1.54) is 0 Å².